The van der Waals surface area contributed by atoms with Gasteiger partial charge in [-0.1, -0.05) is 6.42 Å². The molecule has 0 radical (unpaired) electrons. The van der Waals surface area contributed by atoms with Gasteiger partial charge in [-0.05, 0) is 36.8 Å². The van der Waals surface area contributed by atoms with Crippen LogP contribution in [0.25, 0.3) is 0 Å². The molecule has 1 fully saturated rings. The van der Waals surface area contributed by atoms with Crippen LogP contribution in [-0.2, 0) is 6.54 Å². The molecule has 0 atom stereocenters. The van der Waals surface area contributed by atoms with Crippen molar-refractivity contribution in [2.45, 2.75) is 36.7 Å². The molecule has 100 valence electrons. The Bertz CT molecular complexity index is 405. The first kappa shape index (κ1) is 13.6. The second-order valence-electron chi connectivity index (χ2n) is 4.53. The number of hydrogen-bond donors (Lipinski definition) is 1. The lowest BCUT2D eigenvalue weighted by Gasteiger charge is -2.27. The first-order valence-electron chi connectivity index (χ1n) is 6.30. The Morgan fingerprint density at radius 3 is 2.39 bits per heavy atom. The fraction of sp³-hybridized carbons (Fsp3) is 0.571. The van der Waals surface area contributed by atoms with Crippen LogP contribution in [-0.4, -0.2) is 26.5 Å². The summed E-state index contributed by atoms with van der Waals surface area (Å²) in [5.41, 5.74) is 1.28. The Hall–Kier alpha value is -0.870. The highest BCUT2D eigenvalue weighted by Crippen LogP contribution is 2.34. The van der Waals surface area contributed by atoms with E-state index in [0.717, 1.165) is 18.0 Å². The van der Waals surface area contributed by atoms with Gasteiger partial charge in [0.1, 0.15) is 0 Å². The second kappa shape index (κ2) is 6.34. The van der Waals surface area contributed by atoms with Gasteiger partial charge in [0.15, 0.2) is 11.5 Å². The van der Waals surface area contributed by atoms with Crippen molar-refractivity contribution in [3.8, 4) is 11.5 Å². The van der Waals surface area contributed by atoms with Gasteiger partial charge in [0, 0.05) is 17.5 Å². The fourth-order valence-corrected chi connectivity index (χ4v) is 2.72. The van der Waals surface area contributed by atoms with E-state index in [1.54, 1.807) is 26.0 Å². The van der Waals surface area contributed by atoms with Gasteiger partial charge < -0.3 is 14.8 Å². The van der Waals surface area contributed by atoms with E-state index in [1.165, 1.54) is 29.7 Å². The van der Waals surface area contributed by atoms with Crippen LogP contribution in [0.2, 0.25) is 0 Å². The van der Waals surface area contributed by atoms with Crippen LogP contribution in [0, 0.1) is 0 Å². The number of ether oxygens (including phenoxy) is 2. The molecule has 1 N–H and O–H groups in total. The zero-order chi connectivity index (χ0) is 13.0. The summed E-state index contributed by atoms with van der Waals surface area (Å²) in [5.74, 6) is 1.61. The van der Waals surface area contributed by atoms with Crippen LogP contribution in [0.3, 0.4) is 0 Å². The number of rotatable bonds is 6. The van der Waals surface area contributed by atoms with Crippen molar-refractivity contribution in [2.75, 3.05) is 20.5 Å². The van der Waals surface area contributed by atoms with Crippen molar-refractivity contribution in [1.29, 1.82) is 0 Å². The molecule has 0 bridgehead atoms. The summed E-state index contributed by atoms with van der Waals surface area (Å²) in [6.07, 6.45) is 6.07. The molecule has 0 spiro atoms. The van der Waals surface area contributed by atoms with Gasteiger partial charge in [-0.2, -0.15) is 0 Å². The highest BCUT2D eigenvalue weighted by Gasteiger charge is 2.17. The monoisotopic (exact) mass is 267 g/mol. The molecule has 0 unspecified atom stereocenters. The standard InChI is InChI=1S/C14H21NO2S/c1-16-12-7-10(9-15-11-5-4-6-11)14(18-3)8-13(12)17-2/h7-8,11,15H,4-6,9H2,1-3H3. The molecule has 1 aliphatic rings. The highest BCUT2D eigenvalue weighted by molar-refractivity contribution is 7.98. The molecule has 4 heteroatoms. The molecule has 1 aromatic rings. The number of nitrogens with one attached hydrogen (secondary N) is 1. The van der Waals surface area contributed by atoms with E-state index in [2.05, 4.69) is 23.7 Å². The van der Waals surface area contributed by atoms with Crippen LogP contribution < -0.4 is 14.8 Å². The second-order valence-corrected chi connectivity index (χ2v) is 5.38. The molecule has 0 saturated heterocycles. The molecule has 1 aromatic carbocycles. The van der Waals surface area contributed by atoms with Gasteiger partial charge in [0.25, 0.3) is 0 Å². The summed E-state index contributed by atoms with van der Waals surface area (Å²) in [6.45, 7) is 0.904. The Kier molecular flexibility index (Phi) is 4.78. The Balaban J connectivity index is 2.15. The zero-order valence-corrected chi connectivity index (χ0v) is 12.1. The van der Waals surface area contributed by atoms with E-state index in [-0.39, 0.29) is 0 Å². The van der Waals surface area contributed by atoms with E-state index in [4.69, 9.17) is 9.47 Å². The topological polar surface area (TPSA) is 30.5 Å². The maximum Gasteiger partial charge on any atom is 0.161 e. The third-order valence-corrected chi connectivity index (χ3v) is 4.29. The SMILES string of the molecule is COc1cc(CNC2CCC2)c(SC)cc1OC. The summed E-state index contributed by atoms with van der Waals surface area (Å²) in [6, 6.07) is 4.84. The molecule has 0 amide bonds. The minimum Gasteiger partial charge on any atom is -0.493 e. The van der Waals surface area contributed by atoms with Crippen molar-refractivity contribution in [1.82, 2.24) is 5.32 Å². The molecule has 2 rings (SSSR count). The van der Waals surface area contributed by atoms with Crippen molar-refractivity contribution in [2.24, 2.45) is 0 Å². The zero-order valence-electron chi connectivity index (χ0n) is 11.3. The Morgan fingerprint density at radius 2 is 1.89 bits per heavy atom. The average molecular weight is 267 g/mol. The number of hydrogen-bond acceptors (Lipinski definition) is 4. The first-order valence-corrected chi connectivity index (χ1v) is 7.53. The molecular weight excluding hydrogens is 246 g/mol. The lowest BCUT2D eigenvalue weighted by Crippen LogP contribution is -2.34. The summed E-state index contributed by atoms with van der Waals surface area (Å²) < 4.78 is 10.7. The summed E-state index contributed by atoms with van der Waals surface area (Å²) in [4.78, 5) is 1.25. The van der Waals surface area contributed by atoms with E-state index < -0.39 is 0 Å². The van der Waals surface area contributed by atoms with Crippen molar-refractivity contribution < 1.29 is 9.47 Å². The van der Waals surface area contributed by atoms with Crippen LogP contribution in [0.15, 0.2) is 17.0 Å². The smallest absolute Gasteiger partial charge is 0.161 e. The molecule has 0 heterocycles. The van der Waals surface area contributed by atoms with E-state index >= 15 is 0 Å². The normalized spacial score (nSPS) is 15.3. The van der Waals surface area contributed by atoms with E-state index in [1.807, 2.05) is 0 Å². The summed E-state index contributed by atoms with van der Waals surface area (Å²) in [5, 5.41) is 3.59. The summed E-state index contributed by atoms with van der Waals surface area (Å²) in [7, 11) is 3.36. The van der Waals surface area contributed by atoms with Crippen LogP contribution >= 0.6 is 11.8 Å². The van der Waals surface area contributed by atoms with Gasteiger partial charge in [-0.25, -0.2) is 0 Å². The molecular formula is C14H21NO2S. The average Bonchev–Trinajstić information content (AvgIpc) is 2.36. The molecule has 1 saturated carbocycles. The van der Waals surface area contributed by atoms with Crippen molar-refractivity contribution >= 4 is 11.8 Å². The highest BCUT2D eigenvalue weighted by atomic mass is 32.2. The lowest BCUT2D eigenvalue weighted by molar-refractivity contribution is 0.335. The lowest BCUT2D eigenvalue weighted by atomic mass is 9.93. The molecule has 0 aromatic heterocycles. The van der Waals surface area contributed by atoms with Gasteiger partial charge in [-0.3, -0.25) is 0 Å². The van der Waals surface area contributed by atoms with Gasteiger partial charge >= 0.3 is 0 Å². The van der Waals surface area contributed by atoms with Gasteiger partial charge in [0.05, 0.1) is 14.2 Å². The Morgan fingerprint density at radius 1 is 1.22 bits per heavy atom. The fourth-order valence-electron chi connectivity index (χ4n) is 2.10. The van der Waals surface area contributed by atoms with E-state index in [0.29, 0.717) is 6.04 Å². The maximum atomic E-state index is 5.36. The first-order chi connectivity index (χ1) is 8.78. The van der Waals surface area contributed by atoms with Gasteiger partial charge in [0.2, 0.25) is 0 Å². The maximum absolute atomic E-state index is 5.36. The quantitative estimate of drug-likeness (QED) is 0.802. The number of methoxy groups -OCH3 is 2. The third-order valence-electron chi connectivity index (χ3n) is 3.47. The van der Waals surface area contributed by atoms with Gasteiger partial charge in [-0.15, -0.1) is 11.8 Å². The molecule has 1 aliphatic carbocycles. The predicted octanol–water partition coefficient (Wildman–Crippen LogP) is 3.07. The number of benzene rings is 1. The van der Waals surface area contributed by atoms with Crippen LogP contribution in [0.5, 0.6) is 11.5 Å². The molecule has 3 nitrogen and oxygen atoms in total. The molecule has 18 heavy (non-hydrogen) atoms. The largest absolute Gasteiger partial charge is 0.493 e. The van der Waals surface area contributed by atoms with E-state index in [9.17, 15) is 0 Å². The minimum absolute atomic E-state index is 0.702. The number of thioether (sulfide) groups is 1. The van der Waals surface area contributed by atoms with Crippen LogP contribution in [0.4, 0.5) is 0 Å². The third kappa shape index (κ3) is 2.93. The Labute approximate surface area is 113 Å². The van der Waals surface area contributed by atoms with Crippen molar-refractivity contribution in [3.63, 3.8) is 0 Å². The molecule has 0 aliphatic heterocycles. The van der Waals surface area contributed by atoms with Crippen LogP contribution in [0.1, 0.15) is 24.8 Å². The van der Waals surface area contributed by atoms with Crippen molar-refractivity contribution in [3.05, 3.63) is 17.7 Å². The minimum atomic E-state index is 0.702. The predicted molar refractivity (Wildman–Crippen MR) is 75.8 cm³/mol. The summed E-state index contributed by atoms with van der Waals surface area (Å²) >= 11 is 1.75.